The molecule has 0 aliphatic heterocycles. The van der Waals surface area contributed by atoms with Gasteiger partial charge in [-0.25, -0.2) is 5.06 Å². The van der Waals surface area contributed by atoms with Crippen molar-refractivity contribution < 1.29 is 14.4 Å². The lowest BCUT2D eigenvalue weighted by Crippen LogP contribution is -2.32. The molecule has 1 aromatic heterocycles. The van der Waals surface area contributed by atoms with E-state index in [2.05, 4.69) is 4.98 Å². The number of hydroxylamine groups is 2. The molecule has 0 aliphatic rings. The van der Waals surface area contributed by atoms with E-state index in [1.54, 1.807) is 44.5 Å². The largest absolute Gasteiger partial charge is 0.285 e. The smallest absolute Gasteiger partial charge is 0.281 e. The van der Waals surface area contributed by atoms with Crippen molar-refractivity contribution in [1.82, 2.24) is 10.0 Å². The summed E-state index contributed by atoms with van der Waals surface area (Å²) >= 11 is 0. The number of hydrogen-bond acceptors (Lipinski definition) is 4. The van der Waals surface area contributed by atoms with Gasteiger partial charge < -0.3 is 0 Å². The van der Waals surface area contributed by atoms with Crippen LogP contribution in [0.25, 0.3) is 6.08 Å². The summed E-state index contributed by atoms with van der Waals surface area (Å²) < 4.78 is 0. The highest BCUT2D eigenvalue weighted by molar-refractivity contribution is 6.14. The Morgan fingerprint density at radius 2 is 2.28 bits per heavy atom. The summed E-state index contributed by atoms with van der Waals surface area (Å²) in [5, 5.41) is 1.12. The monoisotopic (exact) mass is 247 g/mol. The zero-order chi connectivity index (χ0) is 13.4. The first-order chi connectivity index (χ1) is 8.72. The van der Waals surface area contributed by atoms with Crippen LogP contribution in [-0.4, -0.2) is 35.4 Å². The quantitative estimate of drug-likeness (QED) is 0.330. The van der Waals surface area contributed by atoms with Crippen molar-refractivity contribution in [2.24, 2.45) is 0 Å². The lowest BCUT2D eigenvalue weighted by molar-refractivity contribution is -0.178. The molecule has 0 saturated heterocycles. The lowest BCUT2D eigenvalue weighted by atomic mass is 10.2. The first kappa shape index (κ1) is 14.1. The van der Waals surface area contributed by atoms with Gasteiger partial charge in [-0.15, -0.1) is 0 Å². The molecule has 0 unspecified atom stereocenters. The maximum absolute atomic E-state index is 11.9. The van der Waals surface area contributed by atoms with Crippen LogP contribution < -0.4 is 0 Å². The Morgan fingerprint density at radius 3 is 2.78 bits per heavy atom. The van der Waals surface area contributed by atoms with E-state index in [4.69, 9.17) is 4.84 Å². The van der Waals surface area contributed by atoms with Gasteiger partial charge in [0, 0.05) is 12.7 Å². The molecule has 5 nitrogen and oxygen atoms in total. The highest BCUT2D eigenvalue weighted by Crippen LogP contribution is 2.06. The van der Waals surface area contributed by atoms with Crippen molar-refractivity contribution in [2.45, 2.75) is 13.8 Å². The molecule has 1 heterocycles. The second-order valence-corrected chi connectivity index (χ2v) is 3.33. The standard InChI is InChI=1S/C13H15N2O3/c1-3-15(18-4-2)13(17)11(10-16)9-12-7-5-6-8-14-12/h5-9H,3-4H2,1-2H3. The van der Waals surface area contributed by atoms with Crippen molar-refractivity contribution in [2.75, 3.05) is 13.2 Å². The van der Waals surface area contributed by atoms with Crippen LogP contribution >= 0.6 is 0 Å². The van der Waals surface area contributed by atoms with Gasteiger partial charge in [0.15, 0.2) is 0 Å². The average molecular weight is 247 g/mol. The fraction of sp³-hybridized carbons (Fsp3) is 0.308. The summed E-state index contributed by atoms with van der Waals surface area (Å²) in [6.45, 7) is 4.24. The molecule has 0 bridgehead atoms. The van der Waals surface area contributed by atoms with Crippen LogP contribution in [-0.2, 0) is 14.4 Å². The SMILES string of the molecule is CCON(CC)C(=O)C([C]=O)=Cc1ccccn1. The van der Waals surface area contributed by atoms with Crippen molar-refractivity contribution >= 4 is 18.3 Å². The number of amides is 1. The molecule has 0 N–H and O–H groups in total. The first-order valence-electron chi connectivity index (χ1n) is 5.68. The molecule has 1 rings (SSSR count). The summed E-state index contributed by atoms with van der Waals surface area (Å²) in [4.78, 5) is 31.9. The lowest BCUT2D eigenvalue weighted by Gasteiger charge is -2.18. The number of pyridine rings is 1. The van der Waals surface area contributed by atoms with E-state index in [1.807, 2.05) is 0 Å². The van der Waals surface area contributed by atoms with E-state index < -0.39 is 5.91 Å². The van der Waals surface area contributed by atoms with Crippen molar-refractivity contribution in [3.63, 3.8) is 0 Å². The van der Waals surface area contributed by atoms with Crippen LogP contribution in [0, 0.1) is 0 Å². The molecule has 0 atom stereocenters. The Balaban J connectivity index is 2.92. The number of hydrogen-bond donors (Lipinski definition) is 0. The Bertz CT molecular complexity index is 429. The van der Waals surface area contributed by atoms with Gasteiger partial charge in [0.25, 0.3) is 5.91 Å². The Kier molecular flexibility index (Phi) is 5.73. The van der Waals surface area contributed by atoms with Gasteiger partial charge in [-0.3, -0.25) is 19.4 Å². The normalized spacial score (nSPS) is 11.1. The minimum Gasteiger partial charge on any atom is -0.285 e. The molecule has 0 aliphatic carbocycles. The van der Waals surface area contributed by atoms with E-state index >= 15 is 0 Å². The fourth-order valence-electron chi connectivity index (χ4n) is 1.33. The third-order valence-electron chi connectivity index (χ3n) is 2.12. The first-order valence-corrected chi connectivity index (χ1v) is 5.68. The second-order valence-electron chi connectivity index (χ2n) is 3.33. The number of carbonyl (C=O) groups is 1. The molecule has 1 amide bonds. The number of rotatable bonds is 6. The summed E-state index contributed by atoms with van der Waals surface area (Å²) in [5.74, 6) is -0.514. The van der Waals surface area contributed by atoms with Crippen molar-refractivity contribution in [3.8, 4) is 0 Å². The van der Waals surface area contributed by atoms with Gasteiger partial charge in [0.1, 0.15) is 0 Å². The minimum atomic E-state index is -0.514. The number of nitrogens with zero attached hydrogens (tertiary/aromatic N) is 2. The average Bonchev–Trinajstić information content (AvgIpc) is 2.42. The maximum Gasteiger partial charge on any atom is 0.281 e. The van der Waals surface area contributed by atoms with Gasteiger partial charge >= 0.3 is 0 Å². The number of likely N-dealkylation sites (N-methyl/N-ethyl adjacent to an activating group) is 1. The van der Waals surface area contributed by atoms with Gasteiger partial charge in [-0.1, -0.05) is 6.07 Å². The van der Waals surface area contributed by atoms with E-state index in [-0.39, 0.29) is 5.57 Å². The molecule has 95 valence electrons. The van der Waals surface area contributed by atoms with Gasteiger partial charge in [-0.05, 0) is 32.1 Å². The van der Waals surface area contributed by atoms with Crippen LogP contribution in [0.15, 0.2) is 30.0 Å². The molecule has 0 fully saturated rings. The maximum atomic E-state index is 11.9. The number of aromatic nitrogens is 1. The Morgan fingerprint density at radius 1 is 1.50 bits per heavy atom. The second kappa shape index (κ2) is 7.34. The molecular formula is C13H15N2O3. The van der Waals surface area contributed by atoms with E-state index in [0.717, 1.165) is 5.06 Å². The van der Waals surface area contributed by atoms with Crippen LogP contribution in [0.2, 0.25) is 0 Å². The van der Waals surface area contributed by atoms with E-state index in [9.17, 15) is 9.59 Å². The molecule has 0 aromatic carbocycles. The van der Waals surface area contributed by atoms with Gasteiger partial charge in [0.05, 0.1) is 17.9 Å². The Labute approximate surface area is 106 Å². The summed E-state index contributed by atoms with van der Waals surface area (Å²) in [5.41, 5.74) is 0.417. The van der Waals surface area contributed by atoms with Crippen LogP contribution in [0.3, 0.4) is 0 Å². The zero-order valence-corrected chi connectivity index (χ0v) is 10.4. The summed E-state index contributed by atoms with van der Waals surface area (Å²) in [6, 6.07) is 5.22. The predicted molar refractivity (Wildman–Crippen MR) is 66.9 cm³/mol. The molecule has 5 heteroatoms. The molecule has 1 radical (unpaired) electrons. The highest BCUT2D eigenvalue weighted by atomic mass is 16.7. The molecule has 0 saturated carbocycles. The van der Waals surface area contributed by atoms with E-state index in [0.29, 0.717) is 18.8 Å². The van der Waals surface area contributed by atoms with Crippen LogP contribution in [0.5, 0.6) is 0 Å². The summed E-state index contributed by atoms with van der Waals surface area (Å²) in [6.07, 6.45) is 4.59. The fourth-order valence-corrected chi connectivity index (χ4v) is 1.33. The topological polar surface area (TPSA) is 59.5 Å². The number of carbonyl (C=O) groups excluding carboxylic acids is 2. The zero-order valence-electron chi connectivity index (χ0n) is 10.4. The molecule has 0 spiro atoms. The minimum absolute atomic E-state index is 0.107. The summed E-state index contributed by atoms with van der Waals surface area (Å²) in [7, 11) is 0. The molecule has 1 aromatic rings. The molecule has 18 heavy (non-hydrogen) atoms. The van der Waals surface area contributed by atoms with Gasteiger partial charge in [-0.2, -0.15) is 0 Å². The third kappa shape index (κ3) is 3.78. The van der Waals surface area contributed by atoms with Crippen molar-refractivity contribution in [3.05, 3.63) is 35.7 Å². The van der Waals surface area contributed by atoms with Crippen LogP contribution in [0.1, 0.15) is 19.5 Å². The van der Waals surface area contributed by atoms with Crippen LogP contribution in [0.4, 0.5) is 0 Å². The van der Waals surface area contributed by atoms with E-state index in [1.165, 1.54) is 6.08 Å². The van der Waals surface area contributed by atoms with Gasteiger partial charge in [0.2, 0.25) is 6.29 Å². The van der Waals surface area contributed by atoms with Crippen molar-refractivity contribution in [1.29, 1.82) is 0 Å². The molecular weight excluding hydrogens is 232 g/mol. The predicted octanol–water partition coefficient (Wildman–Crippen LogP) is 1.37. The highest BCUT2D eigenvalue weighted by Gasteiger charge is 2.17. The third-order valence-corrected chi connectivity index (χ3v) is 2.12. The Hall–Kier alpha value is -2.01.